The summed E-state index contributed by atoms with van der Waals surface area (Å²) in [6.45, 7) is 6.06. The molecule has 0 saturated carbocycles. The highest BCUT2D eigenvalue weighted by Gasteiger charge is 2.11. The molecule has 0 radical (unpaired) electrons. The van der Waals surface area contributed by atoms with Gasteiger partial charge in [-0.1, -0.05) is 25.2 Å². The van der Waals surface area contributed by atoms with Gasteiger partial charge < -0.3 is 10.4 Å². The fourth-order valence-electron chi connectivity index (χ4n) is 1.65. The van der Waals surface area contributed by atoms with Crippen molar-refractivity contribution in [3.05, 3.63) is 20.7 Å². The third-order valence-electron chi connectivity index (χ3n) is 2.56. The van der Waals surface area contributed by atoms with Crippen molar-refractivity contribution < 1.29 is 9.90 Å². The molecule has 102 valence electrons. The molecule has 2 N–H and O–H groups in total. The predicted octanol–water partition coefficient (Wildman–Crippen LogP) is 0.741. The number of aryl methyl sites for hydroxylation is 1. The van der Waals surface area contributed by atoms with Crippen LogP contribution in [0.3, 0.4) is 0 Å². The molecule has 5 nitrogen and oxygen atoms in total. The fourth-order valence-corrected chi connectivity index (χ4v) is 2.39. The second-order valence-electron chi connectivity index (χ2n) is 4.82. The molecule has 6 heteroatoms. The van der Waals surface area contributed by atoms with Crippen molar-refractivity contribution in [3.8, 4) is 0 Å². The Morgan fingerprint density at radius 3 is 2.72 bits per heavy atom. The van der Waals surface area contributed by atoms with Gasteiger partial charge in [0.15, 0.2) is 0 Å². The summed E-state index contributed by atoms with van der Waals surface area (Å²) < 4.78 is 1.43. The Labute approximate surface area is 110 Å². The average Bonchev–Trinajstić information content (AvgIpc) is 2.57. The summed E-state index contributed by atoms with van der Waals surface area (Å²) in [6.07, 6.45) is 0.117. The van der Waals surface area contributed by atoms with E-state index in [4.69, 9.17) is 0 Å². The van der Waals surface area contributed by atoms with Gasteiger partial charge in [0.05, 0.1) is 6.10 Å². The lowest BCUT2D eigenvalue weighted by Crippen LogP contribution is -2.36. The van der Waals surface area contributed by atoms with Crippen LogP contribution in [0, 0.1) is 12.8 Å². The molecule has 1 unspecified atom stereocenters. The summed E-state index contributed by atoms with van der Waals surface area (Å²) in [5, 5.41) is 14.0. The number of aliphatic hydroxyl groups is 1. The number of carbonyl (C=O) groups excluding carboxylic acids is 1. The van der Waals surface area contributed by atoms with Gasteiger partial charge in [-0.3, -0.25) is 14.2 Å². The summed E-state index contributed by atoms with van der Waals surface area (Å²) in [4.78, 5) is 22.9. The van der Waals surface area contributed by atoms with Crippen molar-refractivity contribution in [1.82, 2.24) is 9.88 Å². The zero-order valence-corrected chi connectivity index (χ0v) is 11.8. The quantitative estimate of drug-likeness (QED) is 0.802. The lowest BCUT2D eigenvalue weighted by molar-refractivity contribution is -0.122. The molecule has 1 aromatic heterocycles. The molecule has 1 amide bonds. The molecule has 0 aromatic carbocycles. The average molecular weight is 272 g/mol. The van der Waals surface area contributed by atoms with Crippen LogP contribution in [0.4, 0.5) is 0 Å². The molecular weight excluding hydrogens is 252 g/mol. The molecule has 0 spiro atoms. The van der Waals surface area contributed by atoms with E-state index in [0.717, 1.165) is 17.0 Å². The fraction of sp³-hybridized carbons (Fsp3) is 0.667. The SMILES string of the molecule is Cc1csc(=O)n1CC(=O)NCC(O)CC(C)C. The van der Waals surface area contributed by atoms with Gasteiger partial charge in [0.25, 0.3) is 0 Å². The van der Waals surface area contributed by atoms with E-state index in [0.29, 0.717) is 12.3 Å². The van der Waals surface area contributed by atoms with Crippen molar-refractivity contribution in [2.45, 2.75) is 39.8 Å². The summed E-state index contributed by atoms with van der Waals surface area (Å²) in [7, 11) is 0. The molecule has 0 saturated heterocycles. The van der Waals surface area contributed by atoms with E-state index in [9.17, 15) is 14.7 Å². The summed E-state index contributed by atoms with van der Waals surface area (Å²) in [5.41, 5.74) is 0.780. The van der Waals surface area contributed by atoms with E-state index >= 15 is 0 Å². The second-order valence-corrected chi connectivity index (χ2v) is 5.64. The van der Waals surface area contributed by atoms with E-state index in [1.807, 2.05) is 13.8 Å². The Balaban J connectivity index is 2.41. The molecule has 0 bridgehead atoms. The van der Waals surface area contributed by atoms with Crippen LogP contribution in [-0.2, 0) is 11.3 Å². The van der Waals surface area contributed by atoms with Crippen molar-refractivity contribution in [2.24, 2.45) is 5.92 Å². The smallest absolute Gasteiger partial charge is 0.307 e. The maximum Gasteiger partial charge on any atom is 0.307 e. The number of nitrogens with one attached hydrogen (secondary N) is 1. The number of amides is 1. The zero-order valence-electron chi connectivity index (χ0n) is 11.0. The third-order valence-corrected chi connectivity index (χ3v) is 3.44. The van der Waals surface area contributed by atoms with Crippen LogP contribution in [0.15, 0.2) is 10.2 Å². The summed E-state index contributed by atoms with van der Waals surface area (Å²) in [5.74, 6) is 0.139. The molecule has 0 aliphatic rings. The highest BCUT2D eigenvalue weighted by Crippen LogP contribution is 2.03. The normalized spacial score (nSPS) is 12.7. The van der Waals surface area contributed by atoms with Gasteiger partial charge in [-0.2, -0.15) is 0 Å². The topological polar surface area (TPSA) is 71.3 Å². The van der Waals surface area contributed by atoms with Crippen LogP contribution in [0.1, 0.15) is 26.0 Å². The molecule has 0 aliphatic heterocycles. The van der Waals surface area contributed by atoms with Gasteiger partial charge in [0, 0.05) is 17.6 Å². The number of aromatic nitrogens is 1. The first-order valence-electron chi connectivity index (χ1n) is 5.99. The molecular formula is C12H20N2O3S. The molecule has 1 heterocycles. The Morgan fingerprint density at radius 1 is 1.56 bits per heavy atom. The molecule has 1 atom stereocenters. The van der Waals surface area contributed by atoms with Crippen molar-refractivity contribution >= 4 is 17.2 Å². The van der Waals surface area contributed by atoms with Crippen molar-refractivity contribution in [1.29, 1.82) is 0 Å². The van der Waals surface area contributed by atoms with E-state index in [1.165, 1.54) is 4.57 Å². The van der Waals surface area contributed by atoms with Gasteiger partial charge >= 0.3 is 4.87 Å². The van der Waals surface area contributed by atoms with Gasteiger partial charge in [0.1, 0.15) is 6.54 Å². The van der Waals surface area contributed by atoms with Crippen LogP contribution in [0.25, 0.3) is 0 Å². The summed E-state index contributed by atoms with van der Waals surface area (Å²) in [6, 6.07) is 0. The first-order chi connectivity index (χ1) is 8.40. The van der Waals surface area contributed by atoms with Crippen LogP contribution in [-0.4, -0.2) is 28.2 Å². The standard InChI is InChI=1S/C12H20N2O3S/c1-8(2)4-10(15)5-13-11(16)6-14-9(3)7-18-12(14)17/h7-8,10,15H,4-6H2,1-3H3,(H,13,16). The lowest BCUT2D eigenvalue weighted by Gasteiger charge is -2.14. The number of thiazole rings is 1. The van der Waals surface area contributed by atoms with Crippen LogP contribution < -0.4 is 10.2 Å². The molecule has 0 fully saturated rings. The maximum absolute atomic E-state index is 11.6. The van der Waals surface area contributed by atoms with E-state index in [-0.39, 0.29) is 23.9 Å². The third kappa shape index (κ3) is 4.62. The Bertz CT molecular complexity index is 450. The van der Waals surface area contributed by atoms with E-state index < -0.39 is 6.10 Å². The number of hydrogen-bond donors (Lipinski definition) is 2. The lowest BCUT2D eigenvalue weighted by atomic mass is 10.1. The van der Waals surface area contributed by atoms with Crippen molar-refractivity contribution in [2.75, 3.05) is 6.54 Å². The van der Waals surface area contributed by atoms with Crippen molar-refractivity contribution in [3.63, 3.8) is 0 Å². The predicted molar refractivity (Wildman–Crippen MR) is 71.8 cm³/mol. The van der Waals surface area contributed by atoms with Gasteiger partial charge in [-0.05, 0) is 19.3 Å². The van der Waals surface area contributed by atoms with Crippen LogP contribution >= 0.6 is 11.3 Å². The Kier molecular flexibility index (Phi) is 5.55. The first-order valence-corrected chi connectivity index (χ1v) is 6.87. The minimum atomic E-state index is -0.533. The summed E-state index contributed by atoms with van der Waals surface area (Å²) >= 11 is 1.08. The number of rotatable bonds is 6. The van der Waals surface area contributed by atoms with Crippen LogP contribution in [0.5, 0.6) is 0 Å². The number of nitrogens with zero attached hydrogens (tertiary/aromatic N) is 1. The number of hydrogen-bond acceptors (Lipinski definition) is 4. The maximum atomic E-state index is 11.6. The van der Waals surface area contributed by atoms with Crippen LogP contribution in [0.2, 0.25) is 0 Å². The highest BCUT2D eigenvalue weighted by molar-refractivity contribution is 7.07. The monoisotopic (exact) mass is 272 g/mol. The van der Waals surface area contributed by atoms with Gasteiger partial charge in [-0.15, -0.1) is 0 Å². The minimum Gasteiger partial charge on any atom is -0.391 e. The highest BCUT2D eigenvalue weighted by atomic mass is 32.1. The van der Waals surface area contributed by atoms with Gasteiger partial charge in [0.2, 0.25) is 5.91 Å². The zero-order chi connectivity index (χ0) is 13.7. The molecule has 0 aliphatic carbocycles. The van der Waals surface area contributed by atoms with E-state index in [2.05, 4.69) is 5.32 Å². The minimum absolute atomic E-state index is 0.0164. The molecule has 18 heavy (non-hydrogen) atoms. The second kappa shape index (κ2) is 6.70. The van der Waals surface area contributed by atoms with E-state index in [1.54, 1.807) is 12.3 Å². The Morgan fingerprint density at radius 2 is 2.22 bits per heavy atom. The van der Waals surface area contributed by atoms with Gasteiger partial charge in [-0.25, -0.2) is 0 Å². The number of aliphatic hydroxyl groups excluding tert-OH is 1. The molecule has 1 rings (SSSR count). The molecule has 1 aromatic rings. The largest absolute Gasteiger partial charge is 0.391 e. The Hall–Kier alpha value is -1.14. The number of carbonyl (C=O) groups is 1. The first kappa shape index (κ1) is 14.9.